The van der Waals surface area contributed by atoms with Crippen LogP contribution in [0, 0.1) is 0 Å². The van der Waals surface area contributed by atoms with Crippen molar-refractivity contribution in [3.8, 4) is 0 Å². The van der Waals surface area contributed by atoms with Gasteiger partial charge in [0.05, 0.1) is 0 Å². The molecule has 0 N–H and O–H groups in total. The Hall–Kier alpha value is -1.98. The smallest absolute Gasteiger partial charge is 0.258 e. The van der Waals surface area contributed by atoms with Crippen molar-refractivity contribution in [2.24, 2.45) is 0 Å². The standard InChI is InChI=1S/C14H12O4S/c15-13(11-7-3-1-4-8-11)14(18-19(16)17)12-9-5-2-6-10-12/h1-10,14,19H. The van der Waals surface area contributed by atoms with Gasteiger partial charge in [-0.1, -0.05) is 60.7 Å². The van der Waals surface area contributed by atoms with Crippen LogP contribution < -0.4 is 0 Å². The van der Waals surface area contributed by atoms with Crippen LogP contribution in [0.5, 0.6) is 0 Å². The second-order valence-electron chi connectivity index (χ2n) is 3.85. The summed E-state index contributed by atoms with van der Waals surface area (Å²) in [6, 6.07) is 17.0. The van der Waals surface area contributed by atoms with Gasteiger partial charge in [-0.05, 0) is 5.56 Å². The Kier molecular flexibility index (Phi) is 4.43. The van der Waals surface area contributed by atoms with E-state index in [4.69, 9.17) is 4.18 Å². The van der Waals surface area contributed by atoms with Gasteiger partial charge in [0.1, 0.15) is 0 Å². The molecule has 0 spiro atoms. The molecule has 0 aliphatic rings. The summed E-state index contributed by atoms with van der Waals surface area (Å²) >= 11 is 0. The SMILES string of the molecule is O=C(c1ccccc1)C(O[SH](=O)=O)c1ccccc1. The number of thiol groups is 1. The lowest BCUT2D eigenvalue weighted by molar-refractivity contribution is 0.0809. The Morgan fingerprint density at radius 3 is 1.95 bits per heavy atom. The maximum absolute atomic E-state index is 12.3. The lowest BCUT2D eigenvalue weighted by atomic mass is 10.0. The molecule has 2 aromatic carbocycles. The molecule has 0 amide bonds. The average molecular weight is 276 g/mol. The second-order valence-corrected chi connectivity index (χ2v) is 4.51. The van der Waals surface area contributed by atoms with Crippen LogP contribution in [0.2, 0.25) is 0 Å². The lowest BCUT2D eigenvalue weighted by Crippen LogP contribution is -2.15. The number of rotatable bonds is 5. The summed E-state index contributed by atoms with van der Waals surface area (Å²) in [5.41, 5.74) is 0.920. The first kappa shape index (κ1) is 13.5. The molecule has 0 aliphatic carbocycles. The molecule has 2 aromatic rings. The van der Waals surface area contributed by atoms with Gasteiger partial charge >= 0.3 is 0 Å². The van der Waals surface area contributed by atoms with Crippen LogP contribution in [0.15, 0.2) is 60.7 Å². The summed E-state index contributed by atoms with van der Waals surface area (Å²) in [7, 11) is -3.11. The number of ketones is 1. The van der Waals surface area contributed by atoms with Crippen molar-refractivity contribution < 1.29 is 17.4 Å². The van der Waals surface area contributed by atoms with Gasteiger partial charge in [0.25, 0.3) is 11.0 Å². The first-order valence-electron chi connectivity index (χ1n) is 5.64. The Bertz CT molecular complexity index is 612. The van der Waals surface area contributed by atoms with Crippen molar-refractivity contribution >= 4 is 16.8 Å². The number of carbonyl (C=O) groups is 1. The normalized spacial score (nSPS) is 12.3. The molecule has 0 heterocycles. The number of benzene rings is 2. The van der Waals surface area contributed by atoms with Gasteiger partial charge in [-0.25, -0.2) is 8.42 Å². The van der Waals surface area contributed by atoms with Crippen molar-refractivity contribution in [3.63, 3.8) is 0 Å². The van der Waals surface area contributed by atoms with Crippen LogP contribution >= 0.6 is 0 Å². The van der Waals surface area contributed by atoms with Crippen molar-refractivity contribution in [3.05, 3.63) is 71.8 Å². The molecular weight excluding hydrogens is 264 g/mol. The van der Waals surface area contributed by atoms with Crippen LogP contribution in [-0.4, -0.2) is 14.2 Å². The Morgan fingerprint density at radius 1 is 0.895 bits per heavy atom. The highest BCUT2D eigenvalue weighted by Gasteiger charge is 2.23. The molecular formula is C14H12O4S. The highest BCUT2D eigenvalue weighted by molar-refractivity contribution is 7.67. The van der Waals surface area contributed by atoms with E-state index in [-0.39, 0.29) is 5.78 Å². The predicted octanol–water partition coefficient (Wildman–Crippen LogP) is 2.15. The average Bonchev–Trinajstić information content (AvgIpc) is 2.46. The maximum Gasteiger partial charge on any atom is 0.258 e. The monoisotopic (exact) mass is 276 g/mol. The van der Waals surface area contributed by atoms with Crippen molar-refractivity contribution in [1.82, 2.24) is 0 Å². The third-order valence-electron chi connectivity index (χ3n) is 2.59. The Balaban J connectivity index is 2.36. The number of hydrogen-bond donors (Lipinski definition) is 1. The Labute approximate surface area is 112 Å². The molecule has 0 aliphatic heterocycles. The van der Waals surface area contributed by atoms with Gasteiger partial charge in [-0.2, -0.15) is 0 Å². The highest BCUT2D eigenvalue weighted by Crippen LogP contribution is 2.22. The van der Waals surface area contributed by atoms with Crippen molar-refractivity contribution in [2.75, 3.05) is 0 Å². The first-order chi connectivity index (χ1) is 9.18. The highest BCUT2D eigenvalue weighted by atomic mass is 32.2. The zero-order valence-corrected chi connectivity index (χ0v) is 10.8. The summed E-state index contributed by atoms with van der Waals surface area (Å²) in [6.07, 6.45) is -1.13. The molecule has 0 aromatic heterocycles. The van der Waals surface area contributed by atoms with E-state index in [1.807, 2.05) is 0 Å². The molecule has 19 heavy (non-hydrogen) atoms. The zero-order valence-electron chi connectivity index (χ0n) is 9.93. The molecule has 0 bridgehead atoms. The topological polar surface area (TPSA) is 60.4 Å². The minimum absolute atomic E-state index is 0.383. The number of Topliss-reactive ketones (excluding diaryl/α,β-unsaturated/α-hetero) is 1. The fraction of sp³-hybridized carbons (Fsp3) is 0.0714. The maximum atomic E-state index is 12.3. The van der Waals surface area contributed by atoms with E-state index in [1.165, 1.54) is 0 Å². The van der Waals surface area contributed by atoms with E-state index >= 15 is 0 Å². The zero-order chi connectivity index (χ0) is 13.7. The summed E-state index contributed by atoms with van der Waals surface area (Å²) in [5, 5.41) is 0. The lowest BCUT2D eigenvalue weighted by Gasteiger charge is -2.13. The molecule has 0 saturated heterocycles. The Morgan fingerprint density at radius 2 is 1.42 bits per heavy atom. The van der Waals surface area contributed by atoms with Gasteiger partial charge in [-0.3, -0.25) is 8.98 Å². The van der Waals surface area contributed by atoms with E-state index < -0.39 is 17.1 Å². The molecule has 2 rings (SSSR count). The molecule has 0 radical (unpaired) electrons. The molecule has 1 atom stereocenters. The van der Waals surface area contributed by atoms with Gasteiger partial charge in [-0.15, -0.1) is 0 Å². The molecule has 0 fully saturated rings. The summed E-state index contributed by atoms with van der Waals surface area (Å²) in [4.78, 5) is 12.3. The van der Waals surface area contributed by atoms with E-state index in [0.29, 0.717) is 11.1 Å². The molecule has 5 heteroatoms. The van der Waals surface area contributed by atoms with Gasteiger partial charge < -0.3 is 0 Å². The fourth-order valence-electron chi connectivity index (χ4n) is 1.73. The minimum Gasteiger partial charge on any atom is -0.291 e. The number of hydrogen-bond acceptors (Lipinski definition) is 4. The van der Waals surface area contributed by atoms with Crippen LogP contribution in [0.25, 0.3) is 0 Å². The number of carbonyl (C=O) groups excluding carboxylic acids is 1. The largest absolute Gasteiger partial charge is 0.291 e. The molecule has 1 unspecified atom stereocenters. The molecule has 4 nitrogen and oxygen atoms in total. The predicted molar refractivity (Wildman–Crippen MR) is 71.4 cm³/mol. The van der Waals surface area contributed by atoms with Gasteiger partial charge in [0.15, 0.2) is 11.9 Å². The molecule has 98 valence electrons. The summed E-state index contributed by atoms with van der Waals surface area (Å²) in [6.45, 7) is 0. The quantitative estimate of drug-likeness (QED) is 0.671. The van der Waals surface area contributed by atoms with Crippen LogP contribution in [0.4, 0.5) is 0 Å². The third kappa shape index (κ3) is 3.49. The van der Waals surface area contributed by atoms with E-state index in [2.05, 4.69) is 0 Å². The van der Waals surface area contributed by atoms with Crippen LogP contribution in [0.3, 0.4) is 0 Å². The summed E-state index contributed by atoms with van der Waals surface area (Å²) < 4.78 is 26.3. The third-order valence-corrected chi connectivity index (χ3v) is 2.97. The van der Waals surface area contributed by atoms with E-state index in [0.717, 1.165) is 0 Å². The molecule has 0 saturated carbocycles. The van der Waals surface area contributed by atoms with Gasteiger partial charge in [0, 0.05) is 5.56 Å². The van der Waals surface area contributed by atoms with Crippen molar-refractivity contribution in [1.29, 1.82) is 0 Å². The minimum atomic E-state index is -3.11. The van der Waals surface area contributed by atoms with Gasteiger partial charge in [0.2, 0.25) is 0 Å². The van der Waals surface area contributed by atoms with Crippen molar-refractivity contribution in [2.45, 2.75) is 6.10 Å². The fourth-order valence-corrected chi connectivity index (χ4v) is 2.12. The second kappa shape index (κ2) is 6.26. The summed E-state index contributed by atoms with van der Waals surface area (Å²) in [5.74, 6) is -0.383. The first-order valence-corrected chi connectivity index (χ1v) is 6.73. The van der Waals surface area contributed by atoms with E-state index in [9.17, 15) is 13.2 Å². The van der Waals surface area contributed by atoms with Crippen LogP contribution in [0.1, 0.15) is 22.0 Å². The van der Waals surface area contributed by atoms with E-state index in [1.54, 1.807) is 60.7 Å². The van der Waals surface area contributed by atoms with Crippen LogP contribution in [-0.2, 0) is 15.2 Å².